The molecule has 19 heavy (non-hydrogen) atoms. The number of amides is 1. The van der Waals surface area contributed by atoms with Crippen LogP contribution < -0.4 is 10.1 Å². The number of nitrogens with one attached hydrogen (secondary N) is 1. The summed E-state index contributed by atoms with van der Waals surface area (Å²) >= 11 is 0. The van der Waals surface area contributed by atoms with Crippen LogP contribution in [0.25, 0.3) is 0 Å². The third-order valence-electron chi connectivity index (χ3n) is 2.08. The quantitative estimate of drug-likeness (QED) is 0.915. The number of halogens is 2. The van der Waals surface area contributed by atoms with Crippen LogP contribution in [0.5, 0.6) is 6.01 Å². The monoisotopic (exact) mass is 265 g/mol. The van der Waals surface area contributed by atoms with Crippen molar-refractivity contribution in [2.24, 2.45) is 0 Å². The number of rotatable bonds is 4. The summed E-state index contributed by atoms with van der Waals surface area (Å²) in [7, 11) is 0. The molecule has 0 aliphatic carbocycles. The van der Waals surface area contributed by atoms with Gasteiger partial charge in [-0.1, -0.05) is 0 Å². The van der Waals surface area contributed by atoms with Gasteiger partial charge in [0.15, 0.2) is 6.61 Å². The number of nitrogens with zero attached hydrogens (tertiary/aromatic N) is 2. The molecule has 5 nitrogen and oxygen atoms in total. The average molecular weight is 265 g/mol. The van der Waals surface area contributed by atoms with Crippen LogP contribution in [-0.4, -0.2) is 22.5 Å². The third-order valence-corrected chi connectivity index (χ3v) is 2.08. The molecule has 0 aliphatic heterocycles. The lowest BCUT2D eigenvalue weighted by atomic mass is 10.3. The van der Waals surface area contributed by atoms with Crippen LogP contribution >= 0.6 is 0 Å². The van der Waals surface area contributed by atoms with Crippen LogP contribution in [0.3, 0.4) is 0 Å². The molecular formula is C12H9F2N3O2. The lowest BCUT2D eigenvalue weighted by Crippen LogP contribution is -2.21. The van der Waals surface area contributed by atoms with E-state index in [4.69, 9.17) is 4.74 Å². The second-order valence-electron chi connectivity index (χ2n) is 3.49. The number of carbonyl (C=O) groups excluding carboxylic acids is 1. The van der Waals surface area contributed by atoms with Gasteiger partial charge >= 0.3 is 6.01 Å². The highest BCUT2D eigenvalue weighted by atomic mass is 19.1. The molecule has 98 valence electrons. The molecule has 0 saturated carbocycles. The zero-order valence-electron chi connectivity index (χ0n) is 9.64. The Kier molecular flexibility index (Phi) is 3.97. The number of ether oxygens (including phenoxy) is 1. The van der Waals surface area contributed by atoms with E-state index in [-0.39, 0.29) is 11.7 Å². The molecule has 1 aromatic heterocycles. The largest absolute Gasteiger partial charge is 0.453 e. The minimum Gasteiger partial charge on any atom is -0.453 e. The van der Waals surface area contributed by atoms with Gasteiger partial charge in [0.25, 0.3) is 5.91 Å². The van der Waals surface area contributed by atoms with Gasteiger partial charge in [0.1, 0.15) is 11.6 Å². The van der Waals surface area contributed by atoms with E-state index in [1.165, 1.54) is 12.4 Å². The minimum absolute atomic E-state index is 0.0253. The molecule has 0 atom stereocenters. The van der Waals surface area contributed by atoms with E-state index in [1.807, 2.05) is 0 Å². The first-order chi connectivity index (χ1) is 9.15. The number of anilines is 1. The smallest absolute Gasteiger partial charge is 0.316 e. The van der Waals surface area contributed by atoms with E-state index < -0.39 is 24.1 Å². The summed E-state index contributed by atoms with van der Waals surface area (Å²) in [5.41, 5.74) is -0.248. The van der Waals surface area contributed by atoms with Crippen LogP contribution in [0.15, 0.2) is 36.7 Å². The zero-order valence-corrected chi connectivity index (χ0v) is 9.64. The average Bonchev–Trinajstić information content (AvgIpc) is 2.42. The number of hydrogen-bond donors (Lipinski definition) is 1. The standard InChI is InChI=1S/C12H9F2N3O2/c13-8-2-3-9(14)10(6-8)17-11(18)7-19-12-15-4-1-5-16-12/h1-6H,7H2,(H,17,18). The highest BCUT2D eigenvalue weighted by molar-refractivity contribution is 5.91. The first-order valence-electron chi connectivity index (χ1n) is 5.30. The van der Waals surface area contributed by atoms with Crippen molar-refractivity contribution in [3.05, 3.63) is 48.3 Å². The molecule has 0 radical (unpaired) electrons. The molecule has 1 N–H and O–H groups in total. The van der Waals surface area contributed by atoms with Crippen molar-refractivity contribution in [1.82, 2.24) is 9.97 Å². The Hall–Kier alpha value is -2.57. The highest BCUT2D eigenvalue weighted by Crippen LogP contribution is 2.15. The van der Waals surface area contributed by atoms with Crippen LogP contribution in [0.1, 0.15) is 0 Å². The molecule has 0 aliphatic rings. The summed E-state index contributed by atoms with van der Waals surface area (Å²) in [4.78, 5) is 19.0. The van der Waals surface area contributed by atoms with Crippen molar-refractivity contribution < 1.29 is 18.3 Å². The van der Waals surface area contributed by atoms with Crippen molar-refractivity contribution in [2.45, 2.75) is 0 Å². The molecule has 2 aromatic rings. The summed E-state index contributed by atoms with van der Waals surface area (Å²) in [6.45, 7) is -0.403. The van der Waals surface area contributed by atoms with E-state index in [0.717, 1.165) is 18.2 Å². The van der Waals surface area contributed by atoms with Gasteiger partial charge in [-0.2, -0.15) is 0 Å². The predicted molar refractivity (Wildman–Crippen MR) is 62.5 cm³/mol. The van der Waals surface area contributed by atoms with Gasteiger partial charge in [-0.3, -0.25) is 4.79 Å². The molecule has 1 aromatic carbocycles. The summed E-state index contributed by atoms with van der Waals surface area (Å²) < 4.78 is 31.1. The van der Waals surface area contributed by atoms with E-state index in [1.54, 1.807) is 6.07 Å². The summed E-state index contributed by atoms with van der Waals surface area (Å²) in [6.07, 6.45) is 2.90. The molecular weight excluding hydrogens is 256 g/mol. The van der Waals surface area contributed by atoms with Gasteiger partial charge in [-0.25, -0.2) is 18.7 Å². The van der Waals surface area contributed by atoms with E-state index in [0.29, 0.717) is 0 Å². The van der Waals surface area contributed by atoms with Gasteiger partial charge in [-0.05, 0) is 18.2 Å². The number of aromatic nitrogens is 2. The van der Waals surface area contributed by atoms with Gasteiger partial charge in [0, 0.05) is 18.5 Å². The Morgan fingerprint density at radius 1 is 1.26 bits per heavy atom. The highest BCUT2D eigenvalue weighted by Gasteiger charge is 2.09. The molecule has 0 saturated heterocycles. The lowest BCUT2D eigenvalue weighted by Gasteiger charge is -2.07. The maximum atomic E-state index is 13.2. The SMILES string of the molecule is O=C(COc1ncccn1)Nc1cc(F)ccc1F. The van der Waals surface area contributed by atoms with Crippen molar-refractivity contribution in [2.75, 3.05) is 11.9 Å². The normalized spacial score (nSPS) is 10.0. The van der Waals surface area contributed by atoms with Gasteiger partial charge < -0.3 is 10.1 Å². The zero-order chi connectivity index (χ0) is 13.7. The molecule has 1 amide bonds. The van der Waals surface area contributed by atoms with E-state index >= 15 is 0 Å². The lowest BCUT2D eigenvalue weighted by molar-refractivity contribution is -0.118. The van der Waals surface area contributed by atoms with E-state index in [2.05, 4.69) is 15.3 Å². The molecule has 2 rings (SSSR count). The van der Waals surface area contributed by atoms with Crippen LogP contribution in [0.4, 0.5) is 14.5 Å². The minimum atomic E-state index is -0.731. The Bertz CT molecular complexity index is 578. The fourth-order valence-corrected chi connectivity index (χ4v) is 1.27. The molecule has 1 heterocycles. The maximum Gasteiger partial charge on any atom is 0.316 e. The third kappa shape index (κ3) is 3.70. The van der Waals surface area contributed by atoms with Gasteiger partial charge in [0.2, 0.25) is 0 Å². The Labute approximate surface area is 107 Å². The van der Waals surface area contributed by atoms with Crippen LogP contribution in [0, 0.1) is 11.6 Å². The molecule has 0 unspecified atom stereocenters. The fourth-order valence-electron chi connectivity index (χ4n) is 1.27. The summed E-state index contributed by atoms with van der Waals surface area (Å²) in [5, 5.41) is 2.19. The first-order valence-corrected chi connectivity index (χ1v) is 5.30. The fraction of sp³-hybridized carbons (Fsp3) is 0.0833. The molecule has 7 heteroatoms. The molecule has 0 bridgehead atoms. The number of hydrogen-bond acceptors (Lipinski definition) is 4. The second-order valence-corrected chi connectivity index (χ2v) is 3.49. The first kappa shape index (κ1) is 12.9. The Morgan fingerprint density at radius 3 is 2.74 bits per heavy atom. The maximum absolute atomic E-state index is 13.2. The van der Waals surface area contributed by atoms with Crippen LogP contribution in [0.2, 0.25) is 0 Å². The van der Waals surface area contributed by atoms with Gasteiger partial charge in [0.05, 0.1) is 5.69 Å². The molecule has 0 spiro atoms. The predicted octanol–water partition coefficient (Wildman–Crippen LogP) is 1.77. The number of carbonyl (C=O) groups is 1. The second kappa shape index (κ2) is 5.85. The van der Waals surface area contributed by atoms with E-state index in [9.17, 15) is 13.6 Å². The van der Waals surface area contributed by atoms with Crippen molar-refractivity contribution in [1.29, 1.82) is 0 Å². The Morgan fingerprint density at radius 2 is 2.00 bits per heavy atom. The Balaban J connectivity index is 1.93. The van der Waals surface area contributed by atoms with Crippen LogP contribution in [-0.2, 0) is 4.79 Å². The molecule has 0 fully saturated rings. The van der Waals surface area contributed by atoms with Crippen molar-refractivity contribution in [3.8, 4) is 6.01 Å². The van der Waals surface area contributed by atoms with Crippen molar-refractivity contribution >= 4 is 11.6 Å². The summed E-state index contributed by atoms with van der Waals surface area (Å²) in [5.74, 6) is -2.02. The number of benzene rings is 1. The summed E-state index contributed by atoms with van der Waals surface area (Å²) in [6, 6.07) is 4.38. The van der Waals surface area contributed by atoms with Crippen molar-refractivity contribution in [3.63, 3.8) is 0 Å². The topological polar surface area (TPSA) is 64.1 Å². The van der Waals surface area contributed by atoms with Gasteiger partial charge in [-0.15, -0.1) is 0 Å².